The van der Waals surface area contributed by atoms with Crippen LogP contribution in [0.5, 0.6) is 0 Å². The predicted octanol–water partition coefficient (Wildman–Crippen LogP) is 1.31. The molecule has 21 heavy (non-hydrogen) atoms. The molecule has 7 heteroatoms. The molecule has 2 N–H and O–H groups in total. The van der Waals surface area contributed by atoms with Gasteiger partial charge in [-0.1, -0.05) is 12.1 Å². The first-order valence-electron chi connectivity index (χ1n) is 6.36. The van der Waals surface area contributed by atoms with E-state index in [0.717, 1.165) is 0 Å². The topological polar surface area (TPSA) is 88.4 Å². The van der Waals surface area contributed by atoms with Crippen molar-refractivity contribution in [3.05, 3.63) is 59.9 Å². The lowest BCUT2D eigenvalue weighted by Crippen LogP contribution is -2.28. The van der Waals surface area contributed by atoms with Gasteiger partial charge in [-0.15, -0.1) is 0 Å². The Morgan fingerprint density at radius 2 is 1.90 bits per heavy atom. The normalized spacial score (nSPS) is 11.4. The Morgan fingerprint density at radius 1 is 1.19 bits per heavy atom. The second-order valence-electron chi connectivity index (χ2n) is 4.58. The molecule has 2 aromatic rings. The largest absolute Gasteiger partial charge is 0.478 e. The number of sulfonamides is 1. The maximum atomic E-state index is 11.9. The zero-order valence-electron chi connectivity index (χ0n) is 11.3. The molecule has 1 aromatic heterocycles. The van der Waals surface area contributed by atoms with Crippen LogP contribution in [0.3, 0.4) is 0 Å². The van der Waals surface area contributed by atoms with Gasteiger partial charge in [-0.05, 0) is 29.8 Å². The summed E-state index contributed by atoms with van der Waals surface area (Å²) in [6.07, 6.45) is 3.70. The lowest BCUT2D eigenvalue weighted by Gasteiger charge is -2.08. The van der Waals surface area contributed by atoms with Crippen LogP contribution in [0.1, 0.15) is 15.9 Å². The van der Waals surface area contributed by atoms with Crippen molar-refractivity contribution < 1.29 is 18.3 Å². The average Bonchev–Trinajstić information content (AvgIpc) is 2.91. The van der Waals surface area contributed by atoms with Crippen molar-refractivity contribution in [2.45, 2.75) is 12.3 Å². The van der Waals surface area contributed by atoms with Crippen LogP contribution < -0.4 is 4.72 Å². The summed E-state index contributed by atoms with van der Waals surface area (Å²) in [7, 11) is -3.49. The van der Waals surface area contributed by atoms with E-state index in [9.17, 15) is 13.2 Å². The molecule has 0 spiro atoms. The van der Waals surface area contributed by atoms with Crippen molar-refractivity contribution >= 4 is 16.0 Å². The molecule has 0 fully saturated rings. The lowest BCUT2D eigenvalue weighted by atomic mass is 10.1. The zero-order chi connectivity index (χ0) is 15.3. The van der Waals surface area contributed by atoms with Gasteiger partial charge in [-0.2, -0.15) is 0 Å². The minimum Gasteiger partial charge on any atom is -0.478 e. The van der Waals surface area contributed by atoms with Gasteiger partial charge >= 0.3 is 5.97 Å². The Hall–Kier alpha value is -2.12. The quantitative estimate of drug-likeness (QED) is 0.807. The van der Waals surface area contributed by atoms with Crippen LogP contribution in [0.2, 0.25) is 0 Å². The monoisotopic (exact) mass is 308 g/mol. The van der Waals surface area contributed by atoms with E-state index in [1.54, 1.807) is 6.07 Å². The fraction of sp³-hybridized carbons (Fsp3) is 0.214. The van der Waals surface area contributed by atoms with Crippen LogP contribution >= 0.6 is 0 Å². The van der Waals surface area contributed by atoms with Crippen molar-refractivity contribution in [1.82, 2.24) is 9.29 Å². The molecule has 0 bridgehead atoms. The number of hydrogen-bond donors (Lipinski definition) is 2. The number of carbonyl (C=O) groups is 1. The van der Waals surface area contributed by atoms with Gasteiger partial charge in [-0.25, -0.2) is 17.9 Å². The first-order valence-corrected chi connectivity index (χ1v) is 8.02. The molecule has 112 valence electrons. The molecule has 0 atom stereocenters. The summed E-state index contributed by atoms with van der Waals surface area (Å²) in [5.41, 5.74) is 0.526. The van der Waals surface area contributed by atoms with Crippen LogP contribution in [-0.2, 0) is 22.3 Å². The van der Waals surface area contributed by atoms with E-state index in [0.29, 0.717) is 12.1 Å². The molecule has 0 aliphatic heterocycles. The maximum absolute atomic E-state index is 11.9. The van der Waals surface area contributed by atoms with E-state index in [2.05, 4.69) is 4.72 Å². The SMILES string of the molecule is O=C(O)c1cccc(CS(=O)(=O)NCCn2cccc2)c1. The van der Waals surface area contributed by atoms with Crippen LogP contribution in [0.4, 0.5) is 0 Å². The highest BCUT2D eigenvalue weighted by atomic mass is 32.2. The van der Waals surface area contributed by atoms with Crippen LogP contribution in [-0.4, -0.2) is 30.6 Å². The van der Waals surface area contributed by atoms with E-state index in [1.807, 2.05) is 29.1 Å². The maximum Gasteiger partial charge on any atom is 0.335 e. The Kier molecular flexibility index (Phi) is 4.77. The van der Waals surface area contributed by atoms with Gasteiger partial charge in [0.1, 0.15) is 0 Å². The highest BCUT2D eigenvalue weighted by molar-refractivity contribution is 7.88. The smallest absolute Gasteiger partial charge is 0.335 e. The average molecular weight is 308 g/mol. The molecule has 0 amide bonds. The first kappa shape index (κ1) is 15.3. The summed E-state index contributed by atoms with van der Waals surface area (Å²) in [5.74, 6) is -1.31. The second kappa shape index (κ2) is 6.55. The number of hydrogen-bond acceptors (Lipinski definition) is 3. The number of nitrogens with one attached hydrogen (secondary N) is 1. The summed E-state index contributed by atoms with van der Waals surface area (Å²) in [5, 5.41) is 8.89. The molecule has 0 aliphatic rings. The van der Waals surface area contributed by atoms with Gasteiger partial charge in [0.25, 0.3) is 0 Å². The third-order valence-electron chi connectivity index (χ3n) is 2.89. The molecule has 1 heterocycles. The highest BCUT2D eigenvalue weighted by Crippen LogP contribution is 2.08. The minimum absolute atomic E-state index is 0.0787. The number of rotatable bonds is 7. The number of nitrogens with zero attached hydrogens (tertiary/aromatic N) is 1. The van der Waals surface area contributed by atoms with Gasteiger partial charge < -0.3 is 9.67 Å². The molecule has 0 aliphatic carbocycles. The number of aromatic carboxylic acids is 1. The second-order valence-corrected chi connectivity index (χ2v) is 6.39. The van der Waals surface area contributed by atoms with E-state index < -0.39 is 16.0 Å². The summed E-state index contributed by atoms with van der Waals surface area (Å²) in [6, 6.07) is 9.66. The summed E-state index contributed by atoms with van der Waals surface area (Å²) >= 11 is 0. The predicted molar refractivity (Wildman–Crippen MR) is 78.5 cm³/mol. The van der Waals surface area contributed by atoms with E-state index in [1.165, 1.54) is 18.2 Å². The Balaban J connectivity index is 1.94. The first-order chi connectivity index (χ1) is 9.96. The lowest BCUT2D eigenvalue weighted by molar-refractivity contribution is 0.0696. The van der Waals surface area contributed by atoms with E-state index in [4.69, 9.17) is 5.11 Å². The van der Waals surface area contributed by atoms with E-state index in [-0.39, 0.29) is 17.9 Å². The summed E-state index contributed by atoms with van der Waals surface area (Å²) in [6.45, 7) is 0.830. The van der Waals surface area contributed by atoms with Gasteiger partial charge in [0, 0.05) is 25.5 Å². The highest BCUT2D eigenvalue weighted by Gasteiger charge is 2.12. The Labute approximate surface area is 123 Å². The minimum atomic E-state index is -3.49. The summed E-state index contributed by atoms with van der Waals surface area (Å²) in [4.78, 5) is 10.9. The van der Waals surface area contributed by atoms with Gasteiger partial charge in [0.2, 0.25) is 10.0 Å². The number of carboxylic acid groups (broad SMARTS) is 1. The fourth-order valence-corrected chi connectivity index (χ4v) is 3.04. The molecular weight excluding hydrogens is 292 g/mol. The Morgan fingerprint density at radius 3 is 2.57 bits per heavy atom. The summed E-state index contributed by atoms with van der Waals surface area (Å²) < 4.78 is 28.3. The Bertz CT molecular complexity index is 708. The molecule has 0 radical (unpaired) electrons. The van der Waals surface area contributed by atoms with Gasteiger partial charge in [-0.3, -0.25) is 0 Å². The molecule has 0 saturated heterocycles. The van der Waals surface area contributed by atoms with Crippen LogP contribution in [0.25, 0.3) is 0 Å². The van der Waals surface area contributed by atoms with Gasteiger partial charge in [0.15, 0.2) is 0 Å². The molecule has 0 unspecified atom stereocenters. The molecule has 2 rings (SSSR count). The van der Waals surface area contributed by atoms with E-state index >= 15 is 0 Å². The molecule has 1 aromatic carbocycles. The van der Waals surface area contributed by atoms with Crippen molar-refractivity contribution in [1.29, 1.82) is 0 Å². The van der Waals surface area contributed by atoms with Crippen molar-refractivity contribution in [2.24, 2.45) is 0 Å². The number of aromatic nitrogens is 1. The van der Waals surface area contributed by atoms with Crippen LogP contribution in [0, 0.1) is 0 Å². The van der Waals surface area contributed by atoms with Crippen molar-refractivity contribution in [3.63, 3.8) is 0 Å². The zero-order valence-corrected chi connectivity index (χ0v) is 12.1. The number of benzene rings is 1. The van der Waals surface area contributed by atoms with Gasteiger partial charge in [0.05, 0.1) is 11.3 Å². The molecule has 0 saturated carbocycles. The van der Waals surface area contributed by atoms with Crippen molar-refractivity contribution in [2.75, 3.05) is 6.54 Å². The standard InChI is InChI=1S/C14H16N2O4S/c17-14(18)13-5-3-4-12(10-13)11-21(19,20)15-6-9-16-7-1-2-8-16/h1-5,7-8,10,15H,6,9,11H2,(H,17,18). The third kappa shape index (κ3) is 4.73. The van der Waals surface area contributed by atoms with Crippen molar-refractivity contribution in [3.8, 4) is 0 Å². The fourth-order valence-electron chi connectivity index (χ4n) is 1.91. The molecule has 6 nitrogen and oxygen atoms in total. The number of carboxylic acids is 1. The molecular formula is C14H16N2O4S. The van der Waals surface area contributed by atoms with Crippen LogP contribution in [0.15, 0.2) is 48.8 Å². The third-order valence-corrected chi connectivity index (χ3v) is 4.25.